The molecule has 1 aromatic carbocycles. The highest BCUT2D eigenvalue weighted by Gasteiger charge is 2.24. The lowest BCUT2D eigenvalue weighted by molar-refractivity contribution is 0.00125. The molecule has 0 amide bonds. The molecule has 3 heterocycles. The lowest BCUT2D eigenvalue weighted by Gasteiger charge is -2.24. The third kappa shape index (κ3) is 3.57. The molecule has 0 aliphatic carbocycles. The van der Waals surface area contributed by atoms with Crippen LogP contribution >= 0.6 is 0 Å². The number of nitrogens with one attached hydrogen (secondary N) is 1. The average molecular weight is 339 g/mol. The fraction of sp³-hybridized carbons (Fsp3) is 0.278. The van der Waals surface area contributed by atoms with Crippen molar-refractivity contribution in [1.82, 2.24) is 25.3 Å². The summed E-state index contributed by atoms with van der Waals surface area (Å²) in [6.07, 6.45) is 3.51. The second-order valence-electron chi connectivity index (χ2n) is 5.99. The van der Waals surface area contributed by atoms with Crippen molar-refractivity contribution in [2.24, 2.45) is 0 Å². The van der Waals surface area contributed by atoms with E-state index in [4.69, 9.17) is 4.74 Å². The Balaban J connectivity index is 1.36. The van der Waals surface area contributed by atoms with Gasteiger partial charge in [0, 0.05) is 31.0 Å². The predicted molar refractivity (Wildman–Crippen MR) is 89.9 cm³/mol. The fourth-order valence-electron chi connectivity index (χ4n) is 2.90. The minimum Gasteiger partial charge on any atom is -0.369 e. The van der Waals surface area contributed by atoms with Crippen LogP contribution in [0.2, 0.25) is 0 Å². The van der Waals surface area contributed by atoms with Gasteiger partial charge < -0.3 is 10.1 Å². The number of halogens is 1. The van der Waals surface area contributed by atoms with Crippen LogP contribution in [0.3, 0.4) is 0 Å². The van der Waals surface area contributed by atoms with E-state index in [9.17, 15) is 4.39 Å². The Morgan fingerprint density at radius 1 is 1.16 bits per heavy atom. The van der Waals surface area contributed by atoms with Crippen molar-refractivity contribution < 1.29 is 9.13 Å². The van der Waals surface area contributed by atoms with Crippen LogP contribution < -0.4 is 5.32 Å². The van der Waals surface area contributed by atoms with Crippen molar-refractivity contribution in [2.45, 2.75) is 25.8 Å². The first-order valence-corrected chi connectivity index (χ1v) is 8.19. The molecule has 0 spiro atoms. The molecule has 0 saturated carbocycles. The monoisotopic (exact) mass is 339 g/mol. The smallest absolute Gasteiger partial charge is 0.123 e. The highest BCUT2D eigenvalue weighted by atomic mass is 19.1. The molecule has 2 aromatic heterocycles. The molecule has 1 unspecified atom stereocenters. The number of fused-ring (bicyclic) bond motifs is 1. The zero-order valence-corrected chi connectivity index (χ0v) is 13.6. The minimum absolute atomic E-state index is 0.0277. The maximum atomic E-state index is 12.9. The lowest BCUT2D eigenvalue weighted by atomic mass is 10.1. The summed E-state index contributed by atoms with van der Waals surface area (Å²) in [5.74, 6) is -0.219. The van der Waals surface area contributed by atoms with Gasteiger partial charge >= 0.3 is 0 Å². The van der Waals surface area contributed by atoms with Crippen LogP contribution in [-0.4, -0.2) is 32.6 Å². The Hall–Kier alpha value is -2.64. The topological polar surface area (TPSA) is 64.9 Å². The molecular formula is C18H18FN5O. The number of aromatic nitrogens is 4. The molecule has 0 fully saturated rings. The minimum atomic E-state index is -0.219. The summed E-state index contributed by atoms with van der Waals surface area (Å²) < 4.78 is 20.8. The second kappa shape index (κ2) is 7.08. The predicted octanol–water partition coefficient (Wildman–Crippen LogP) is 2.17. The largest absolute Gasteiger partial charge is 0.369 e. The van der Waals surface area contributed by atoms with E-state index in [0.29, 0.717) is 26.2 Å². The summed E-state index contributed by atoms with van der Waals surface area (Å²) in [4.78, 5) is 4.03. The summed E-state index contributed by atoms with van der Waals surface area (Å²) in [5.41, 5.74) is 3.87. The summed E-state index contributed by atoms with van der Waals surface area (Å²) in [5, 5.41) is 11.9. The molecule has 1 N–H and O–H groups in total. The lowest BCUT2D eigenvalue weighted by Crippen LogP contribution is -2.36. The van der Waals surface area contributed by atoms with Crippen LogP contribution in [0.15, 0.2) is 48.8 Å². The summed E-state index contributed by atoms with van der Waals surface area (Å²) in [6, 6.07) is 10.3. The molecule has 25 heavy (non-hydrogen) atoms. The zero-order valence-electron chi connectivity index (χ0n) is 13.6. The van der Waals surface area contributed by atoms with Gasteiger partial charge in [0.1, 0.15) is 11.5 Å². The molecule has 1 aliphatic heterocycles. The Morgan fingerprint density at radius 3 is 2.76 bits per heavy atom. The molecule has 7 heteroatoms. The van der Waals surface area contributed by atoms with E-state index in [1.165, 1.54) is 12.1 Å². The van der Waals surface area contributed by atoms with Gasteiger partial charge in [-0.25, -0.2) is 9.07 Å². The van der Waals surface area contributed by atoms with E-state index in [-0.39, 0.29) is 11.9 Å². The van der Waals surface area contributed by atoms with Crippen LogP contribution in [0.5, 0.6) is 0 Å². The Labute approximate surface area is 144 Å². The first-order chi connectivity index (χ1) is 12.3. The van der Waals surface area contributed by atoms with E-state index in [2.05, 4.69) is 20.6 Å². The highest BCUT2D eigenvalue weighted by molar-refractivity contribution is 5.60. The summed E-state index contributed by atoms with van der Waals surface area (Å²) in [6.45, 7) is 2.51. The van der Waals surface area contributed by atoms with E-state index in [0.717, 1.165) is 22.5 Å². The van der Waals surface area contributed by atoms with Gasteiger partial charge in [0.25, 0.3) is 0 Å². The van der Waals surface area contributed by atoms with Gasteiger partial charge in [0.15, 0.2) is 0 Å². The summed E-state index contributed by atoms with van der Waals surface area (Å²) in [7, 11) is 0. The van der Waals surface area contributed by atoms with E-state index >= 15 is 0 Å². The molecule has 1 atom stereocenters. The van der Waals surface area contributed by atoms with Crippen molar-refractivity contribution in [2.75, 3.05) is 6.54 Å². The molecular weight excluding hydrogens is 321 g/mol. The van der Waals surface area contributed by atoms with Gasteiger partial charge in [-0.15, -0.1) is 5.10 Å². The molecule has 1 aliphatic rings. The van der Waals surface area contributed by atoms with Gasteiger partial charge in [0.05, 0.1) is 24.9 Å². The van der Waals surface area contributed by atoms with Crippen LogP contribution in [-0.2, 0) is 24.4 Å². The first-order valence-electron chi connectivity index (χ1n) is 8.19. The maximum Gasteiger partial charge on any atom is 0.123 e. The van der Waals surface area contributed by atoms with Crippen molar-refractivity contribution >= 4 is 0 Å². The number of nitrogens with zero attached hydrogens (tertiary/aromatic N) is 4. The third-order valence-corrected chi connectivity index (χ3v) is 4.24. The van der Waals surface area contributed by atoms with Crippen LogP contribution in [0.1, 0.15) is 11.3 Å². The van der Waals surface area contributed by atoms with Gasteiger partial charge in [-0.3, -0.25) is 4.98 Å². The molecule has 128 valence electrons. The number of pyridine rings is 1. The van der Waals surface area contributed by atoms with Crippen molar-refractivity contribution in [1.29, 1.82) is 0 Å². The van der Waals surface area contributed by atoms with Crippen molar-refractivity contribution in [3.05, 3.63) is 65.9 Å². The van der Waals surface area contributed by atoms with Gasteiger partial charge in [-0.1, -0.05) is 17.3 Å². The Morgan fingerprint density at radius 2 is 1.96 bits per heavy atom. The maximum absolute atomic E-state index is 12.9. The van der Waals surface area contributed by atoms with E-state index in [1.54, 1.807) is 24.5 Å². The highest BCUT2D eigenvalue weighted by Crippen LogP contribution is 2.24. The fourth-order valence-corrected chi connectivity index (χ4v) is 2.90. The Bertz CT molecular complexity index is 834. The van der Waals surface area contributed by atoms with E-state index in [1.807, 2.05) is 16.8 Å². The van der Waals surface area contributed by atoms with Crippen LogP contribution in [0, 0.1) is 5.82 Å². The standard InChI is InChI=1S/C18H18FN5O/c19-15-3-1-13(2-4-15)9-21-10-16-11-24-17(12-25-16)18(22-23-24)14-5-7-20-8-6-14/h1-8,16,21H,9-12H2. The molecule has 0 saturated heterocycles. The normalized spacial score (nSPS) is 16.6. The average Bonchev–Trinajstić information content (AvgIpc) is 3.07. The quantitative estimate of drug-likeness (QED) is 0.772. The number of hydrogen-bond donors (Lipinski definition) is 1. The van der Waals surface area contributed by atoms with Gasteiger partial charge in [-0.05, 0) is 29.8 Å². The van der Waals surface area contributed by atoms with Gasteiger partial charge in [0.2, 0.25) is 0 Å². The van der Waals surface area contributed by atoms with E-state index < -0.39 is 0 Å². The molecule has 4 rings (SSSR count). The zero-order chi connectivity index (χ0) is 17.1. The first kappa shape index (κ1) is 15.9. The number of benzene rings is 1. The molecule has 0 bridgehead atoms. The third-order valence-electron chi connectivity index (χ3n) is 4.24. The van der Waals surface area contributed by atoms with Crippen molar-refractivity contribution in [3.8, 4) is 11.3 Å². The number of rotatable bonds is 5. The summed E-state index contributed by atoms with van der Waals surface area (Å²) >= 11 is 0. The van der Waals surface area contributed by atoms with Crippen LogP contribution in [0.4, 0.5) is 4.39 Å². The molecule has 0 radical (unpaired) electrons. The van der Waals surface area contributed by atoms with Crippen molar-refractivity contribution in [3.63, 3.8) is 0 Å². The number of hydrogen-bond acceptors (Lipinski definition) is 5. The van der Waals surface area contributed by atoms with Gasteiger partial charge in [-0.2, -0.15) is 0 Å². The Kier molecular flexibility index (Phi) is 4.49. The molecule has 6 nitrogen and oxygen atoms in total. The number of ether oxygens (including phenoxy) is 1. The van der Waals surface area contributed by atoms with Crippen LogP contribution in [0.25, 0.3) is 11.3 Å². The SMILES string of the molecule is Fc1ccc(CNCC2Cn3nnc(-c4ccncc4)c3CO2)cc1. The second-order valence-corrected chi connectivity index (χ2v) is 5.99. The molecule has 3 aromatic rings.